The van der Waals surface area contributed by atoms with Crippen molar-refractivity contribution in [3.8, 4) is 22.5 Å². The van der Waals surface area contributed by atoms with Gasteiger partial charge in [0, 0.05) is 65.1 Å². The number of thiol groups is 1. The van der Waals surface area contributed by atoms with E-state index in [2.05, 4.69) is 31.3 Å². The van der Waals surface area contributed by atoms with E-state index in [0.717, 1.165) is 16.7 Å². The van der Waals surface area contributed by atoms with Gasteiger partial charge in [-0.05, 0) is 134 Å². The second-order valence-electron chi connectivity index (χ2n) is 19.1. The van der Waals surface area contributed by atoms with E-state index in [-0.39, 0.29) is 80.2 Å². The summed E-state index contributed by atoms with van der Waals surface area (Å²) >= 11 is 0. The van der Waals surface area contributed by atoms with Crippen molar-refractivity contribution in [1.82, 2.24) is 15.4 Å². The van der Waals surface area contributed by atoms with E-state index in [0.29, 0.717) is 65.1 Å². The van der Waals surface area contributed by atoms with Crippen molar-refractivity contribution in [2.24, 2.45) is 4.99 Å². The van der Waals surface area contributed by atoms with Crippen molar-refractivity contribution < 1.29 is 43.8 Å². The summed E-state index contributed by atoms with van der Waals surface area (Å²) in [4.78, 5) is 30.3. The number of sulfonamides is 1. The Bertz CT molecular complexity index is 3490. The molecule has 2 aliphatic rings. The number of unbranched alkanes of at least 4 members (excludes halogenated alkanes) is 2. The molecule has 4 amide bonds. The maximum Gasteiger partial charge on any atom is 0.319 e. The number of fused-ring (bicyclic) bond motifs is 2. The number of nitrogens with zero attached hydrogens (tertiary/aromatic N) is 2. The molecule has 21 heteroatoms. The summed E-state index contributed by atoms with van der Waals surface area (Å²) in [6.45, 7) is 22.3. The normalized spacial score (nSPS) is 12.3. The lowest BCUT2D eigenvalue weighted by atomic mass is 9.93. The number of hydrogen-bond donors (Lipinski definition) is 8. The lowest BCUT2D eigenvalue weighted by Gasteiger charge is -2.26. The Labute approximate surface area is 436 Å². The summed E-state index contributed by atoms with van der Waals surface area (Å²) < 4.78 is 104. The van der Waals surface area contributed by atoms with Gasteiger partial charge in [-0.15, -0.1) is 0 Å². The highest BCUT2D eigenvalue weighted by Crippen LogP contribution is 2.47. The molecule has 0 bridgehead atoms. The van der Waals surface area contributed by atoms with Crippen LogP contribution in [0.4, 0.5) is 43.7 Å². The molecule has 1 aliphatic heterocycles. The maximum atomic E-state index is 14.7. The van der Waals surface area contributed by atoms with Gasteiger partial charge in [-0.1, -0.05) is 57.0 Å². The smallest absolute Gasteiger partial charge is 0.319 e. The minimum absolute atomic E-state index is 0.0349. The molecule has 7 N–H and O–H groups in total. The molecule has 398 valence electrons. The van der Waals surface area contributed by atoms with Crippen molar-refractivity contribution in [3.63, 3.8) is 0 Å². The van der Waals surface area contributed by atoms with Crippen LogP contribution in [0.25, 0.3) is 33.4 Å². The van der Waals surface area contributed by atoms with Crippen LogP contribution in [0.15, 0.2) is 79.9 Å². The summed E-state index contributed by atoms with van der Waals surface area (Å²) in [6.07, 6.45) is 2.29. The first-order chi connectivity index (χ1) is 34.8. The first-order valence-electron chi connectivity index (χ1n) is 24.5. The van der Waals surface area contributed by atoms with Crippen molar-refractivity contribution in [3.05, 3.63) is 99.4 Å². The first-order valence-corrected chi connectivity index (χ1v) is 28.6. The molecular weight excluding hydrogens is 1000 g/mol. The van der Waals surface area contributed by atoms with E-state index < -0.39 is 48.0 Å². The van der Waals surface area contributed by atoms with Crippen LogP contribution < -0.4 is 41.0 Å². The number of nitrogens with one attached hydrogen (secondary N) is 6. The quantitative estimate of drug-likeness (QED) is 0.0164. The Hall–Kier alpha value is -6.52. The molecule has 0 fully saturated rings. The van der Waals surface area contributed by atoms with Gasteiger partial charge in [0.15, 0.2) is 0 Å². The molecule has 6 rings (SSSR count). The van der Waals surface area contributed by atoms with Crippen molar-refractivity contribution in [1.29, 1.82) is 0 Å². The zero-order valence-electron chi connectivity index (χ0n) is 44.0. The lowest BCUT2D eigenvalue weighted by molar-refractivity contribution is 0.249. The first kappa shape index (κ1) is 56.8. The van der Waals surface area contributed by atoms with Gasteiger partial charge in [0.1, 0.15) is 21.1 Å². The molecule has 0 spiro atoms. The van der Waals surface area contributed by atoms with Gasteiger partial charge in [-0.3, -0.25) is 8.86 Å². The molecule has 74 heavy (non-hydrogen) atoms. The van der Waals surface area contributed by atoms with E-state index in [1.165, 1.54) is 34.6 Å². The van der Waals surface area contributed by atoms with Gasteiger partial charge in [0.25, 0.3) is 10.1 Å². The second-order valence-corrected chi connectivity index (χ2v) is 23.2. The minimum atomic E-state index is -4.96. The minimum Gasteiger partial charge on any atom is -0.456 e. The third-order valence-electron chi connectivity index (χ3n) is 12.4. The Balaban J connectivity index is 1.80. The van der Waals surface area contributed by atoms with Crippen LogP contribution in [-0.2, 0) is 31.0 Å². The summed E-state index contributed by atoms with van der Waals surface area (Å²) in [5.74, 6) is 0.0442. The Morgan fingerprint density at radius 3 is 1.88 bits per heavy atom. The van der Waals surface area contributed by atoms with Gasteiger partial charge in [-0.2, -0.15) is 8.42 Å². The predicted molar refractivity (Wildman–Crippen MR) is 295 cm³/mol. The molecule has 4 aromatic rings. The highest BCUT2D eigenvalue weighted by molar-refractivity contribution is 7.89. The van der Waals surface area contributed by atoms with Gasteiger partial charge in [-0.25, -0.2) is 36.1 Å². The number of anilines is 5. The van der Waals surface area contributed by atoms with Crippen LogP contribution in [0, 0.1) is 41.5 Å². The highest BCUT2D eigenvalue weighted by atomic mass is 32.2. The van der Waals surface area contributed by atoms with Gasteiger partial charge < -0.3 is 31.0 Å². The lowest BCUT2D eigenvalue weighted by Crippen LogP contribution is -2.34. The molecule has 18 nitrogen and oxygen atoms in total. The molecule has 4 aromatic carbocycles. The predicted octanol–water partition coefficient (Wildman–Crippen LogP) is 10.5. The monoisotopic (exact) mass is 1070 g/mol. The van der Waals surface area contributed by atoms with E-state index in [1.54, 1.807) is 25.1 Å². The Kier molecular flexibility index (Phi) is 17.9. The average molecular weight is 1070 g/mol. The molecular formula is C53H68N8O10S3. The topological polar surface area (TPSA) is 258 Å². The highest BCUT2D eigenvalue weighted by Gasteiger charge is 2.30. The van der Waals surface area contributed by atoms with Crippen LogP contribution >= 0.6 is 0 Å². The number of rotatable bonds is 19. The van der Waals surface area contributed by atoms with Gasteiger partial charge >= 0.3 is 12.1 Å². The molecule has 0 saturated heterocycles. The SMILES string of the molecule is CCCCNS(=O)(=O)c1cc2c(-c3ccccc3S(=O)(=O)O)c3cc(N(CCCC)[SH](=O)=O)c(Nc4c(C)cc(C)c(NC(=O)NC(C)C)c4C)cc3oc-2c/c1=N/c1c(C)cc(C)c(NC(=O)NC(C)C)c1C. The van der Waals surface area contributed by atoms with Crippen LogP contribution in [0.3, 0.4) is 0 Å². The summed E-state index contributed by atoms with van der Waals surface area (Å²) in [5, 5.41) is 15.1. The van der Waals surface area contributed by atoms with Crippen LogP contribution in [-0.4, -0.2) is 67.0 Å². The molecule has 1 heterocycles. The second kappa shape index (κ2) is 23.4. The third-order valence-corrected chi connectivity index (χ3v) is 15.6. The molecule has 0 unspecified atom stereocenters. The van der Waals surface area contributed by atoms with Gasteiger partial charge in [0.05, 0.1) is 33.8 Å². The van der Waals surface area contributed by atoms with E-state index in [4.69, 9.17) is 9.41 Å². The number of aryl methyl sites for hydroxylation is 4. The number of carbonyl (C=O) groups is 2. The van der Waals surface area contributed by atoms with Crippen molar-refractivity contribution in [2.75, 3.05) is 33.3 Å². The molecule has 1 aliphatic carbocycles. The maximum absolute atomic E-state index is 14.7. The number of carbonyl (C=O) groups excluding carboxylic acids is 2. The summed E-state index contributed by atoms with van der Waals surface area (Å²) in [5.41, 5.74) is 6.74. The number of amides is 4. The summed E-state index contributed by atoms with van der Waals surface area (Å²) in [6, 6.07) is 14.1. The third kappa shape index (κ3) is 12.7. The molecule has 0 aromatic heterocycles. The molecule has 0 atom stereocenters. The Morgan fingerprint density at radius 1 is 0.716 bits per heavy atom. The number of benzene rings is 5. The Morgan fingerprint density at radius 2 is 1.30 bits per heavy atom. The fraction of sp³-hybridized carbons (Fsp3) is 0.377. The van der Waals surface area contributed by atoms with Crippen LogP contribution in [0.5, 0.6) is 0 Å². The van der Waals surface area contributed by atoms with Gasteiger partial charge in [0.2, 0.25) is 20.9 Å². The fourth-order valence-electron chi connectivity index (χ4n) is 8.99. The summed E-state index contributed by atoms with van der Waals surface area (Å²) in [7, 11) is -12.7. The number of urea groups is 2. The standard InChI is InChI=1S/C53H68N8O10S3/c1-13-15-21-54-73(66,67)46-26-39-44(28-41(46)58-49-32(8)24-34(10)51(36(49)12)60-53(63)56-30(5)6)71-43-27-40(57-48-31(7)23-33(9)50(35(48)11)59-52(62)55-29(3)4)42(61(72(64)65)22-16-14-2)25-38(43)47(39)37-19-17-18-20-45(37)74(68,69)70/h17-20,23-30,54,57,72H,13-16,21-22H2,1-12H3,(H2,55,59,62)(H2,56,60,63)(H,68,69,70)/b58-41-. The molecule has 0 radical (unpaired) electrons. The zero-order chi connectivity index (χ0) is 54.6. The van der Waals surface area contributed by atoms with Crippen LogP contribution in [0.2, 0.25) is 0 Å². The van der Waals surface area contributed by atoms with E-state index in [1.807, 2.05) is 88.3 Å². The fourth-order valence-corrected chi connectivity index (χ4v) is 11.6. The van der Waals surface area contributed by atoms with E-state index in [9.17, 15) is 39.4 Å². The molecule has 0 saturated carbocycles. The number of hydrogen-bond acceptors (Lipinski definition) is 11. The van der Waals surface area contributed by atoms with Crippen molar-refractivity contribution >= 4 is 88.2 Å². The van der Waals surface area contributed by atoms with Crippen molar-refractivity contribution in [2.45, 2.75) is 131 Å². The van der Waals surface area contributed by atoms with Crippen LogP contribution in [0.1, 0.15) is 101 Å². The van der Waals surface area contributed by atoms with E-state index >= 15 is 0 Å². The largest absolute Gasteiger partial charge is 0.456 e. The zero-order valence-corrected chi connectivity index (χ0v) is 46.5. The average Bonchev–Trinajstić information content (AvgIpc) is 3.30.